The van der Waals surface area contributed by atoms with Gasteiger partial charge in [0.1, 0.15) is 16.4 Å². The van der Waals surface area contributed by atoms with Gasteiger partial charge in [0.2, 0.25) is 5.95 Å². The number of aromatic nitrogens is 2. The van der Waals surface area contributed by atoms with E-state index >= 15 is 0 Å². The molecule has 4 rings (SSSR count). The third kappa shape index (κ3) is 2.98. The summed E-state index contributed by atoms with van der Waals surface area (Å²) in [5.41, 5.74) is 8.46. The predicted molar refractivity (Wildman–Crippen MR) is 94.2 cm³/mol. The van der Waals surface area contributed by atoms with Crippen molar-refractivity contribution in [1.82, 2.24) is 9.55 Å². The zero-order chi connectivity index (χ0) is 17.6. The smallest absolute Gasteiger partial charge is 0.253 e. The van der Waals surface area contributed by atoms with E-state index in [2.05, 4.69) is 4.98 Å². The van der Waals surface area contributed by atoms with Crippen LogP contribution < -0.4 is 10.6 Å². The predicted octanol–water partition coefficient (Wildman–Crippen LogP) is 0.731. The minimum atomic E-state index is -2.93. The van der Waals surface area contributed by atoms with Crippen LogP contribution in [0.25, 0.3) is 11.0 Å². The summed E-state index contributed by atoms with van der Waals surface area (Å²) >= 11 is 0. The highest BCUT2D eigenvalue weighted by atomic mass is 32.2. The van der Waals surface area contributed by atoms with Crippen molar-refractivity contribution >= 4 is 38.4 Å². The van der Waals surface area contributed by atoms with Crippen LogP contribution in [0.5, 0.6) is 0 Å². The fraction of sp³-hybridized carbons (Fsp3) is 0.500. The number of carbonyl (C=O) groups is 1. The number of hydrogen-bond acceptors (Lipinski definition) is 6. The molecule has 0 saturated carbocycles. The van der Waals surface area contributed by atoms with Gasteiger partial charge < -0.3 is 19.9 Å². The molecule has 25 heavy (non-hydrogen) atoms. The Bertz CT molecular complexity index is 923. The summed E-state index contributed by atoms with van der Waals surface area (Å²) < 4.78 is 30.4. The minimum Gasteiger partial charge on any atom is -0.370 e. The Kier molecular flexibility index (Phi) is 3.92. The molecule has 3 heterocycles. The molecule has 1 amide bonds. The van der Waals surface area contributed by atoms with Crippen LogP contribution in [0.15, 0.2) is 18.2 Å². The van der Waals surface area contributed by atoms with Gasteiger partial charge in [-0.15, -0.1) is 0 Å². The SMILES string of the molecule is Nc1nc2cc(N3CCOCC3=O)ccc2n1C1CCS(=O)(=O)CC1. The zero-order valence-electron chi connectivity index (χ0n) is 13.7. The number of rotatable bonds is 2. The lowest BCUT2D eigenvalue weighted by atomic mass is 10.1. The number of nitrogen functional groups attached to an aromatic ring is 1. The molecule has 0 atom stereocenters. The van der Waals surface area contributed by atoms with E-state index in [1.54, 1.807) is 4.90 Å². The zero-order valence-corrected chi connectivity index (χ0v) is 14.5. The number of carbonyl (C=O) groups excluding carboxylic acids is 1. The summed E-state index contributed by atoms with van der Waals surface area (Å²) in [6.45, 7) is 1.11. The van der Waals surface area contributed by atoms with E-state index in [0.29, 0.717) is 37.5 Å². The second-order valence-corrected chi connectivity index (χ2v) is 8.80. The molecule has 8 nitrogen and oxygen atoms in total. The third-order valence-corrected chi connectivity index (χ3v) is 6.60. The van der Waals surface area contributed by atoms with Gasteiger partial charge in [0, 0.05) is 18.3 Å². The first-order chi connectivity index (χ1) is 11.9. The Morgan fingerprint density at radius 2 is 2.00 bits per heavy atom. The van der Waals surface area contributed by atoms with E-state index in [1.165, 1.54) is 0 Å². The fourth-order valence-corrected chi connectivity index (χ4v) is 5.05. The van der Waals surface area contributed by atoms with Gasteiger partial charge in [-0.1, -0.05) is 0 Å². The lowest BCUT2D eigenvalue weighted by molar-refractivity contribution is -0.125. The molecule has 0 radical (unpaired) electrons. The Balaban J connectivity index is 1.68. The Hall–Kier alpha value is -2.13. The first kappa shape index (κ1) is 16.3. The molecule has 1 aromatic carbocycles. The number of nitrogens with zero attached hydrogens (tertiary/aromatic N) is 3. The third-order valence-electron chi connectivity index (χ3n) is 4.89. The molecule has 0 unspecified atom stereocenters. The molecule has 2 aliphatic rings. The maximum absolute atomic E-state index is 12.0. The number of sulfone groups is 1. The molecule has 1 aromatic heterocycles. The topological polar surface area (TPSA) is 108 Å². The summed E-state index contributed by atoms with van der Waals surface area (Å²) in [6.07, 6.45) is 1.09. The van der Waals surface area contributed by atoms with Gasteiger partial charge in [-0.25, -0.2) is 13.4 Å². The number of fused-ring (bicyclic) bond motifs is 1. The van der Waals surface area contributed by atoms with Crippen LogP contribution in [0.3, 0.4) is 0 Å². The molecule has 0 bridgehead atoms. The monoisotopic (exact) mass is 364 g/mol. The second-order valence-electron chi connectivity index (χ2n) is 6.49. The van der Waals surface area contributed by atoms with Gasteiger partial charge in [-0.05, 0) is 31.0 Å². The lowest BCUT2D eigenvalue weighted by Gasteiger charge is -2.27. The number of benzene rings is 1. The van der Waals surface area contributed by atoms with Crippen LogP contribution in [-0.4, -0.2) is 55.1 Å². The van der Waals surface area contributed by atoms with E-state index < -0.39 is 9.84 Å². The van der Waals surface area contributed by atoms with Crippen molar-refractivity contribution in [2.75, 3.05) is 41.9 Å². The van der Waals surface area contributed by atoms with Crippen LogP contribution in [-0.2, 0) is 19.4 Å². The van der Waals surface area contributed by atoms with E-state index in [4.69, 9.17) is 10.5 Å². The van der Waals surface area contributed by atoms with Crippen LogP contribution in [0, 0.1) is 0 Å². The number of morpholine rings is 1. The normalized spacial score (nSPS) is 21.8. The van der Waals surface area contributed by atoms with Crippen molar-refractivity contribution in [3.05, 3.63) is 18.2 Å². The molecule has 9 heteroatoms. The quantitative estimate of drug-likeness (QED) is 0.842. The summed E-state index contributed by atoms with van der Waals surface area (Å²) in [6, 6.07) is 5.66. The summed E-state index contributed by atoms with van der Waals surface area (Å²) in [4.78, 5) is 18.1. The lowest BCUT2D eigenvalue weighted by Crippen LogP contribution is -2.41. The van der Waals surface area contributed by atoms with Crippen molar-refractivity contribution in [3.8, 4) is 0 Å². The number of amides is 1. The van der Waals surface area contributed by atoms with Crippen molar-refractivity contribution in [1.29, 1.82) is 0 Å². The molecular formula is C16H20N4O4S. The first-order valence-electron chi connectivity index (χ1n) is 8.30. The molecule has 2 fully saturated rings. The summed E-state index contributed by atoms with van der Waals surface area (Å²) in [5.74, 6) is 0.661. The molecule has 2 saturated heterocycles. The Labute approximate surface area is 145 Å². The van der Waals surface area contributed by atoms with Crippen LogP contribution in [0.2, 0.25) is 0 Å². The Morgan fingerprint density at radius 1 is 1.24 bits per heavy atom. The van der Waals surface area contributed by atoms with Crippen molar-refractivity contribution in [2.24, 2.45) is 0 Å². The highest BCUT2D eigenvalue weighted by Crippen LogP contribution is 2.32. The second kappa shape index (κ2) is 5.99. The van der Waals surface area contributed by atoms with Gasteiger partial charge in [0.05, 0.1) is 29.1 Å². The maximum Gasteiger partial charge on any atom is 0.253 e. The van der Waals surface area contributed by atoms with E-state index in [1.807, 2.05) is 22.8 Å². The molecular weight excluding hydrogens is 344 g/mol. The molecule has 2 aliphatic heterocycles. The van der Waals surface area contributed by atoms with Crippen LogP contribution in [0.4, 0.5) is 11.6 Å². The Morgan fingerprint density at radius 3 is 2.72 bits per heavy atom. The molecule has 0 spiro atoms. The van der Waals surface area contributed by atoms with Gasteiger partial charge in [-0.3, -0.25) is 4.79 Å². The van der Waals surface area contributed by atoms with Gasteiger partial charge in [-0.2, -0.15) is 0 Å². The van der Waals surface area contributed by atoms with Crippen LogP contribution >= 0.6 is 0 Å². The maximum atomic E-state index is 12.0. The number of hydrogen-bond donors (Lipinski definition) is 1. The average molecular weight is 364 g/mol. The molecule has 134 valence electrons. The van der Waals surface area contributed by atoms with Crippen molar-refractivity contribution in [2.45, 2.75) is 18.9 Å². The molecule has 0 aliphatic carbocycles. The first-order valence-corrected chi connectivity index (χ1v) is 10.1. The van der Waals surface area contributed by atoms with Gasteiger partial charge >= 0.3 is 0 Å². The summed E-state index contributed by atoms with van der Waals surface area (Å²) in [7, 11) is -2.93. The summed E-state index contributed by atoms with van der Waals surface area (Å²) in [5, 5.41) is 0. The fourth-order valence-electron chi connectivity index (χ4n) is 3.58. The highest BCUT2D eigenvalue weighted by Gasteiger charge is 2.28. The average Bonchev–Trinajstić information content (AvgIpc) is 2.90. The minimum absolute atomic E-state index is 0.0318. The van der Waals surface area contributed by atoms with Gasteiger partial charge in [0.15, 0.2) is 0 Å². The number of nitrogens with two attached hydrogens (primary N) is 1. The number of ether oxygens (including phenoxy) is 1. The van der Waals surface area contributed by atoms with E-state index in [0.717, 1.165) is 11.2 Å². The number of anilines is 2. The van der Waals surface area contributed by atoms with Crippen molar-refractivity contribution in [3.63, 3.8) is 0 Å². The van der Waals surface area contributed by atoms with Gasteiger partial charge in [0.25, 0.3) is 5.91 Å². The number of imidazole rings is 1. The molecule has 2 N–H and O–H groups in total. The van der Waals surface area contributed by atoms with E-state index in [-0.39, 0.29) is 30.1 Å². The van der Waals surface area contributed by atoms with Crippen molar-refractivity contribution < 1.29 is 17.9 Å². The van der Waals surface area contributed by atoms with E-state index in [9.17, 15) is 13.2 Å². The molecule has 2 aromatic rings. The standard InChI is InChI=1S/C16H20N4O4S/c17-16-18-13-9-12(19-5-6-24-10-15(19)21)1-2-14(13)20(16)11-3-7-25(22,23)8-4-11/h1-2,9,11H,3-8,10H2,(H2,17,18). The van der Waals surface area contributed by atoms with Crippen LogP contribution in [0.1, 0.15) is 18.9 Å². The highest BCUT2D eigenvalue weighted by molar-refractivity contribution is 7.91. The largest absolute Gasteiger partial charge is 0.370 e.